The van der Waals surface area contributed by atoms with Gasteiger partial charge in [0.25, 0.3) is 0 Å². The van der Waals surface area contributed by atoms with Crippen LogP contribution < -0.4 is 10.1 Å². The van der Waals surface area contributed by atoms with Crippen LogP contribution in [0.4, 0.5) is 0 Å². The second-order valence-electron chi connectivity index (χ2n) is 4.63. The number of rotatable bonds is 9. The quantitative estimate of drug-likeness (QED) is 0.672. The van der Waals surface area contributed by atoms with Gasteiger partial charge in [0.1, 0.15) is 5.75 Å². The number of carboxylic acids is 1. The number of hydrogen-bond donors (Lipinski definition) is 2. The van der Waals surface area contributed by atoms with Crippen LogP contribution in [0.15, 0.2) is 24.3 Å². The molecule has 0 aliphatic rings. The van der Waals surface area contributed by atoms with Crippen molar-refractivity contribution in [3.05, 3.63) is 29.8 Å². The van der Waals surface area contributed by atoms with E-state index in [-0.39, 0.29) is 18.9 Å². The summed E-state index contributed by atoms with van der Waals surface area (Å²) in [6.45, 7) is 2.30. The van der Waals surface area contributed by atoms with Gasteiger partial charge < -0.3 is 19.9 Å². The van der Waals surface area contributed by atoms with Crippen molar-refractivity contribution in [2.75, 3.05) is 20.3 Å². The van der Waals surface area contributed by atoms with Gasteiger partial charge in [-0.3, -0.25) is 4.79 Å². The topological polar surface area (TPSA) is 84.9 Å². The van der Waals surface area contributed by atoms with Crippen LogP contribution in [0.25, 0.3) is 0 Å². The summed E-state index contributed by atoms with van der Waals surface area (Å²) < 4.78 is 10.3. The molecule has 6 heteroatoms. The molecule has 0 bridgehead atoms. The molecule has 1 rings (SSSR count). The van der Waals surface area contributed by atoms with Gasteiger partial charge in [0, 0.05) is 13.5 Å². The molecule has 1 unspecified atom stereocenters. The highest BCUT2D eigenvalue weighted by molar-refractivity contribution is 5.83. The van der Waals surface area contributed by atoms with Gasteiger partial charge in [0.05, 0.1) is 13.2 Å². The average molecular weight is 295 g/mol. The van der Waals surface area contributed by atoms with Crippen LogP contribution in [-0.2, 0) is 14.3 Å². The molecule has 0 saturated carbocycles. The molecule has 1 amide bonds. The molecular weight excluding hydrogens is 274 g/mol. The van der Waals surface area contributed by atoms with Crippen LogP contribution >= 0.6 is 0 Å². The summed E-state index contributed by atoms with van der Waals surface area (Å²) in [5.41, 5.74) is 1.04. The lowest BCUT2D eigenvalue weighted by molar-refractivity contribution is -0.143. The van der Waals surface area contributed by atoms with E-state index in [0.29, 0.717) is 13.0 Å². The Bertz CT molecular complexity index is 475. The maximum Gasteiger partial charge on any atom is 0.328 e. The monoisotopic (exact) mass is 295 g/mol. The van der Waals surface area contributed by atoms with Gasteiger partial charge in [-0.05, 0) is 25.0 Å². The maximum atomic E-state index is 11.6. The number of nitrogens with one attached hydrogen (secondary N) is 1. The van der Waals surface area contributed by atoms with Gasteiger partial charge >= 0.3 is 5.97 Å². The first-order valence-electron chi connectivity index (χ1n) is 6.74. The maximum absolute atomic E-state index is 11.6. The summed E-state index contributed by atoms with van der Waals surface area (Å²) in [6, 6.07) is 6.62. The fourth-order valence-corrected chi connectivity index (χ4v) is 1.74. The third kappa shape index (κ3) is 6.27. The largest absolute Gasteiger partial charge is 0.493 e. The highest BCUT2D eigenvalue weighted by atomic mass is 16.5. The Morgan fingerprint density at radius 3 is 2.67 bits per heavy atom. The lowest BCUT2D eigenvalue weighted by Gasteiger charge is -2.13. The number of carbonyl (C=O) groups is 2. The van der Waals surface area contributed by atoms with Crippen LogP contribution in [0.3, 0.4) is 0 Å². The van der Waals surface area contributed by atoms with E-state index in [2.05, 4.69) is 5.32 Å². The Morgan fingerprint density at radius 2 is 2.05 bits per heavy atom. The van der Waals surface area contributed by atoms with Gasteiger partial charge in [-0.2, -0.15) is 0 Å². The Kier molecular flexibility index (Phi) is 7.25. The molecular formula is C15H21NO5. The molecule has 2 N–H and O–H groups in total. The van der Waals surface area contributed by atoms with Crippen LogP contribution in [0.2, 0.25) is 0 Å². The van der Waals surface area contributed by atoms with Crippen LogP contribution in [0, 0.1) is 6.92 Å². The van der Waals surface area contributed by atoms with E-state index in [0.717, 1.165) is 11.3 Å². The summed E-state index contributed by atoms with van der Waals surface area (Å²) in [7, 11) is 1.39. The van der Waals surface area contributed by atoms with Crippen molar-refractivity contribution in [2.24, 2.45) is 0 Å². The number of carbonyl (C=O) groups excluding carboxylic acids is 1. The number of hydrogen-bond acceptors (Lipinski definition) is 4. The van der Waals surface area contributed by atoms with Crippen molar-refractivity contribution in [3.63, 3.8) is 0 Å². The first kappa shape index (κ1) is 17.0. The van der Waals surface area contributed by atoms with E-state index in [1.807, 2.05) is 31.2 Å². The zero-order chi connectivity index (χ0) is 15.7. The van der Waals surface area contributed by atoms with Gasteiger partial charge in [0.15, 0.2) is 6.04 Å². The smallest absolute Gasteiger partial charge is 0.328 e. The number of para-hydroxylation sites is 1. The Labute approximate surface area is 124 Å². The molecule has 0 saturated heterocycles. The molecule has 1 aromatic carbocycles. The van der Waals surface area contributed by atoms with E-state index in [1.165, 1.54) is 7.11 Å². The predicted molar refractivity (Wildman–Crippen MR) is 77.4 cm³/mol. The fraction of sp³-hybridized carbons (Fsp3) is 0.467. The van der Waals surface area contributed by atoms with Crippen molar-refractivity contribution in [1.29, 1.82) is 0 Å². The Balaban J connectivity index is 2.27. The number of aryl methyl sites for hydroxylation is 1. The highest BCUT2D eigenvalue weighted by Crippen LogP contribution is 2.16. The first-order chi connectivity index (χ1) is 10.0. The van der Waals surface area contributed by atoms with E-state index in [4.69, 9.17) is 14.6 Å². The summed E-state index contributed by atoms with van der Waals surface area (Å²) in [5.74, 6) is -0.644. The van der Waals surface area contributed by atoms with Crippen molar-refractivity contribution >= 4 is 11.9 Å². The van der Waals surface area contributed by atoms with Crippen molar-refractivity contribution in [3.8, 4) is 5.75 Å². The zero-order valence-corrected chi connectivity index (χ0v) is 12.3. The number of ether oxygens (including phenoxy) is 2. The van der Waals surface area contributed by atoms with Gasteiger partial charge in [-0.25, -0.2) is 4.79 Å². The summed E-state index contributed by atoms with van der Waals surface area (Å²) >= 11 is 0. The van der Waals surface area contributed by atoms with E-state index >= 15 is 0 Å². The molecule has 21 heavy (non-hydrogen) atoms. The molecule has 0 aliphatic heterocycles. The first-order valence-corrected chi connectivity index (χ1v) is 6.74. The van der Waals surface area contributed by atoms with Crippen molar-refractivity contribution in [2.45, 2.75) is 25.8 Å². The Hall–Kier alpha value is -2.08. The number of carboxylic acid groups (broad SMARTS) is 1. The van der Waals surface area contributed by atoms with Crippen molar-refractivity contribution < 1.29 is 24.2 Å². The minimum Gasteiger partial charge on any atom is -0.493 e. The molecule has 0 fully saturated rings. The standard InChI is InChI=1S/C15H21NO5/c1-11-6-3-4-7-13(11)21-9-5-8-14(17)16-12(10-20-2)15(18)19/h3-4,6-7,12H,5,8-10H2,1-2H3,(H,16,17)(H,18,19). The molecule has 116 valence electrons. The number of methoxy groups -OCH3 is 1. The van der Waals surface area contributed by atoms with Crippen LogP contribution in [0.5, 0.6) is 5.75 Å². The van der Waals surface area contributed by atoms with E-state index in [1.54, 1.807) is 0 Å². The molecule has 1 aromatic rings. The molecule has 0 radical (unpaired) electrons. The molecule has 0 aromatic heterocycles. The van der Waals surface area contributed by atoms with Crippen molar-refractivity contribution in [1.82, 2.24) is 5.32 Å². The van der Waals surface area contributed by atoms with E-state index in [9.17, 15) is 9.59 Å². The zero-order valence-electron chi connectivity index (χ0n) is 12.3. The normalized spacial score (nSPS) is 11.7. The predicted octanol–water partition coefficient (Wildman–Crippen LogP) is 1.37. The lowest BCUT2D eigenvalue weighted by Crippen LogP contribution is -2.43. The van der Waals surface area contributed by atoms with Crippen LogP contribution in [0.1, 0.15) is 18.4 Å². The molecule has 0 spiro atoms. The summed E-state index contributed by atoms with van der Waals surface area (Å²) in [4.78, 5) is 22.5. The molecule has 1 atom stereocenters. The Morgan fingerprint density at radius 1 is 1.33 bits per heavy atom. The molecule has 6 nitrogen and oxygen atoms in total. The third-order valence-electron chi connectivity index (χ3n) is 2.87. The minimum absolute atomic E-state index is 0.0548. The number of amides is 1. The molecule has 0 heterocycles. The number of benzene rings is 1. The lowest BCUT2D eigenvalue weighted by atomic mass is 10.2. The second-order valence-corrected chi connectivity index (χ2v) is 4.63. The van der Waals surface area contributed by atoms with E-state index < -0.39 is 12.0 Å². The summed E-state index contributed by atoms with van der Waals surface area (Å²) in [5, 5.41) is 11.3. The molecule has 0 aliphatic carbocycles. The number of aliphatic carboxylic acids is 1. The second kappa shape index (κ2) is 8.97. The van der Waals surface area contributed by atoms with Gasteiger partial charge in [-0.1, -0.05) is 18.2 Å². The van der Waals surface area contributed by atoms with Crippen LogP contribution in [-0.4, -0.2) is 43.3 Å². The third-order valence-corrected chi connectivity index (χ3v) is 2.87. The van der Waals surface area contributed by atoms with Gasteiger partial charge in [0.2, 0.25) is 5.91 Å². The fourth-order valence-electron chi connectivity index (χ4n) is 1.74. The van der Waals surface area contributed by atoms with Gasteiger partial charge in [-0.15, -0.1) is 0 Å². The minimum atomic E-state index is -1.11. The summed E-state index contributed by atoms with van der Waals surface area (Å²) in [6.07, 6.45) is 0.721. The SMILES string of the molecule is COCC(NC(=O)CCCOc1ccccc1C)C(=O)O. The highest BCUT2D eigenvalue weighted by Gasteiger charge is 2.19. The average Bonchev–Trinajstić information content (AvgIpc) is 2.44.